The van der Waals surface area contributed by atoms with Crippen LogP contribution in [0.1, 0.15) is 32.8 Å². The molecule has 0 atom stereocenters. The number of carbonyl (C=O) groups is 1. The first-order chi connectivity index (χ1) is 13.7. The topological polar surface area (TPSA) is 50.4 Å². The van der Waals surface area contributed by atoms with Gasteiger partial charge in [-0.3, -0.25) is 4.79 Å². The Hall–Kier alpha value is -2.86. The van der Waals surface area contributed by atoms with Gasteiger partial charge in [-0.2, -0.15) is 0 Å². The monoisotopic (exact) mass is 396 g/mol. The predicted molar refractivity (Wildman–Crippen MR) is 111 cm³/mol. The Morgan fingerprint density at radius 1 is 1.18 bits per heavy atom. The van der Waals surface area contributed by atoms with Crippen LogP contribution in [0.15, 0.2) is 48.5 Å². The van der Waals surface area contributed by atoms with E-state index < -0.39 is 0 Å². The minimum Gasteiger partial charge on any atom is -0.495 e. The maximum Gasteiger partial charge on any atom is 0.259 e. The Balaban J connectivity index is 1.59. The first kappa shape index (κ1) is 18.5. The number of para-hydroxylation sites is 2. The number of ether oxygens (including phenoxy) is 1. The lowest BCUT2D eigenvalue weighted by Gasteiger charge is -2.12. The van der Waals surface area contributed by atoms with E-state index in [0.29, 0.717) is 23.5 Å². The molecular weight excluding hydrogens is 375 g/mol. The molecule has 6 heteroatoms. The normalized spacial score (nSPS) is 12.5. The van der Waals surface area contributed by atoms with Crippen LogP contribution >= 0.6 is 11.3 Å². The minimum atomic E-state index is -0.262. The van der Waals surface area contributed by atoms with Crippen LogP contribution in [-0.2, 0) is 19.4 Å². The van der Waals surface area contributed by atoms with Crippen molar-refractivity contribution in [3.05, 3.63) is 75.9 Å². The quantitative estimate of drug-likeness (QED) is 0.598. The first-order valence-electron chi connectivity index (χ1n) is 9.23. The molecule has 0 bridgehead atoms. The average Bonchev–Trinajstić information content (AvgIpc) is 3.27. The van der Waals surface area contributed by atoms with E-state index in [0.717, 1.165) is 35.4 Å². The van der Waals surface area contributed by atoms with E-state index >= 15 is 0 Å². The molecule has 1 aliphatic rings. The molecule has 1 aromatic heterocycles. The lowest BCUT2D eigenvalue weighted by molar-refractivity contribution is 0.102. The van der Waals surface area contributed by atoms with Gasteiger partial charge in [0, 0.05) is 11.4 Å². The van der Waals surface area contributed by atoms with E-state index in [1.54, 1.807) is 24.5 Å². The molecule has 1 aliphatic carbocycles. The maximum absolute atomic E-state index is 13.4. The highest BCUT2D eigenvalue weighted by Gasteiger charge is 2.27. The highest BCUT2D eigenvalue weighted by Crippen LogP contribution is 2.40. The highest BCUT2D eigenvalue weighted by molar-refractivity contribution is 7.16. The summed E-state index contributed by atoms with van der Waals surface area (Å²) in [6.07, 6.45) is 2.97. The molecule has 28 heavy (non-hydrogen) atoms. The number of methoxy groups -OCH3 is 1. The molecule has 0 unspecified atom stereocenters. The number of amides is 1. The second-order valence-corrected chi connectivity index (χ2v) is 7.80. The number of thiophene rings is 1. The largest absolute Gasteiger partial charge is 0.495 e. The summed E-state index contributed by atoms with van der Waals surface area (Å²) in [5.41, 5.74) is 3.30. The Kier molecular flexibility index (Phi) is 5.30. The molecule has 0 saturated carbocycles. The lowest BCUT2D eigenvalue weighted by atomic mass is 10.1. The van der Waals surface area contributed by atoms with Gasteiger partial charge in [-0.05, 0) is 54.7 Å². The van der Waals surface area contributed by atoms with E-state index in [1.165, 1.54) is 17.0 Å². The number of benzene rings is 2. The Morgan fingerprint density at radius 3 is 2.86 bits per heavy atom. The van der Waals surface area contributed by atoms with Crippen molar-refractivity contribution in [2.45, 2.75) is 25.8 Å². The molecule has 3 aromatic rings. The molecule has 1 amide bonds. The molecule has 2 aromatic carbocycles. The van der Waals surface area contributed by atoms with Crippen LogP contribution in [0.25, 0.3) is 0 Å². The van der Waals surface area contributed by atoms with Gasteiger partial charge in [0.2, 0.25) is 0 Å². The summed E-state index contributed by atoms with van der Waals surface area (Å²) in [7, 11) is 1.58. The number of hydrogen-bond acceptors (Lipinski definition) is 4. The van der Waals surface area contributed by atoms with Crippen molar-refractivity contribution in [2.75, 3.05) is 17.7 Å². The number of halogens is 1. The van der Waals surface area contributed by atoms with Crippen LogP contribution < -0.4 is 15.4 Å². The van der Waals surface area contributed by atoms with Crippen molar-refractivity contribution >= 4 is 27.9 Å². The van der Waals surface area contributed by atoms with Crippen molar-refractivity contribution in [1.29, 1.82) is 0 Å². The van der Waals surface area contributed by atoms with E-state index in [1.807, 2.05) is 30.3 Å². The Morgan fingerprint density at radius 2 is 2.04 bits per heavy atom. The third-order valence-electron chi connectivity index (χ3n) is 4.85. The molecular formula is C22H21FN2O2S. The molecule has 2 N–H and O–H groups in total. The van der Waals surface area contributed by atoms with E-state index in [-0.39, 0.29) is 11.7 Å². The van der Waals surface area contributed by atoms with Crippen LogP contribution in [0.3, 0.4) is 0 Å². The predicted octanol–water partition coefficient (Wildman–Crippen LogP) is 5.25. The van der Waals surface area contributed by atoms with Crippen molar-refractivity contribution < 1.29 is 13.9 Å². The fraction of sp³-hybridized carbons (Fsp3) is 0.227. The SMILES string of the molecule is COc1ccccc1NC(=O)c1c(NCc2cccc(F)c2)sc2c1CCC2. The van der Waals surface area contributed by atoms with Gasteiger partial charge >= 0.3 is 0 Å². The van der Waals surface area contributed by atoms with Gasteiger partial charge in [0.15, 0.2) is 0 Å². The summed E-state index contributed by atoms with van der Waals surface area (Å²) in [5.74, 6) is 0.213. The van der Waals surface area contributed by atoms with Gasteiger partial charge < -0.3 is 15.4 Å². The number of anilines is 2. The Bertz CT molecular complexity index is 1020. The van der Waals surface area contributed by atoms with E-state index in [9.17, 15) is 9.18 Å². The molecule has 0 fully saturated rings. The summed E-state index contributed by atoms with van der Waals surface area (Å²) >= 11 is 1.62. The van der Waals surface area contributed by atoms with E-state index in [2.05, 4.69) is 10.6 Å². The zero-order valence-electron chi connectivity index (χ0n) is 15.5. The van der Waals surface area contributed by atoms with Crippen molar-refractivity contribution in [1.82, 2.24) is 0 Å². The first-order valence-corrected chi connectivity index (χ1v) is 10.0. The van der Waals surface area contributed by atoms with Gasteiger partial charge in [-0.25, -0.2) is 4.39 Å². The Labute approximate surface area is 167 Å². The third kappa shape index (κ3) is 3.73. The van der Waals surface area contributed by atoms with Gasteiger partial charge in [0.1, 0.15) is 16.6 Å². The van der Waals surface area contributed by atoms with Gasteiger partial charge in [0.25, 0.3) is 5.91 Å². The number of rotatable bonds is 6. The van der Waals surface area contributed by atoms with Crippen LogP contribution in [-0.4, -0.2) is 13.0 Å². The van der Waals surface area contributed by atoms with Crippen molar-refractivity contribution in [3.8, 4) is 5.75 Å². The fourth-order valence-corrected chi connectivity index (χ4v) is 4.81. The standard InChI is InChI=1S/C22H21FN2O2S/c1-27-18-10-3-2-9-17(18)25-21(26)20-16-8-5-11-19(16)28-22(20)24-13-14-6-4-7-15(23)12-14/h2-4,6-7,9-10,12,24H,5,8,11,13H2,1H3,(H,25,26). The summed E-state index contributed by atoms with van der Waals surface area (Å²) in [5, 5.41) is 7.16. The third-order valence-corrected chi connectivity index (χ3v) is 6.10. The van der Waals surface area contributed by atoms with Gasteiger partial charge in [-0.15, -0.1) is 11.3 Å². The highest BCUT2D eigenvalue weighted by atomic mass is 32.1. The second-order valence-electron chi connectivity index (χ2n) is 6.70. The number of hydrogen-bond donors (Lipinski definition) is 2. The van der Waals surface area contributed by atoms with Crippen LogP contribution in [0.4, 0.5) is 15.1 Å². The summed E-state index contributed by atoms with van der Waals surface area (Å²) < 4.78 is 18.8. The van der Waals surface area contributed by atoms with Gasteiger partial charge in [0.05, 0.1) is 18.4 Å². The minimum absolute atomic E-state index is 0.148. The van der Waals surface area contributed by atoms with Crippen LogP contribution in [0.5, 0.6) is 5.75 Å². The van der Waals surface area contributed by atoms with Crippen molar-refractivity contribution in [3.63, 3.8) is 0 Å². The maximum atomic E-state index is 13.4. The van der Waals surface area contributed by atoms with Crippen LogP contribution in [0, 0.1) is 5.82 Å². The molecule has 4 nitrogen and oxygen atoms in total. The average molecular weight is 396 g/mol. The van der Waals surface area contributed by atoms with E-state index in [4.69, 9.17) is 4.74 Å². The van der Waals surface area contributed by atoms with Crippen LogP contribution in [0.2, 0.25) is 0 Å². The smallest absolute Gasteiger partial charge is 0.259 e. The molecule has 0 aliphatic heterocycles. The molecule has 4 rings (SSSR count). The zero-order chi connectivity index (χ0) is 19.5. The molecule has 0 saturated heterocycles. The second kappa shape index (κ2) is 8.02. The molecule has 0 spiro atoms. The molecule has 144 valence electrons. The summed E-state index contributed by atoms with van der Waals surface area (Å²) in [6, 6.07) is 13.8. The fourth-order valence-electron chi connectivity index (χ4n) is 3.53. The number of aryl methyl sites for hydroxylation is 1. The lowest BCUT2D eigenvalue weighted by Crippen LogP contribution is -2.15. The summed E-state index contributed by atoms with van der Waals surface area (Å²) in [6.45, 7) is 0.464. The molecule has 1 heterocycles. The number of nitrogens with one attached hydrogen (secondary N) is 2. The number of fused-ring (bicyclic) bond motifs is 1. The number of carbonyl (C=O) groups excluding carboxylic acids is 1. The summed E-state index contributed by atoms with van der Waals surface area (Å²) in [4.78, 5) is 14.4. The van der Waals surface area contributed by atoms with Gasteiger partial charge in [-0.1, -0.05) is 24.3 Å². The van der Waals surface area contributed by atoms with Crippen molar-refractivity contribution in [2.24, 2.45) is 0 Å². The molecule has 0 radical (unpaired) electrons. The zero-order valence-corrected chi connectivity index (χ0v) is 16.4.